The zero-order chi connectivity index (χ0) is 14.6. The molecule has 0 bridgehead atoms. The quantitative estimate of drug-likeness (QED) is 0.842. The Morgan fingerprint density at radius 2 is 2.20 bits per heavy atom. The van der Waals surface area contributed by atoms with Gasteiger partial charge in [-0.3, -0.25) is 0 Å². The fourth-order valence-electron chi connectivity index (χ4n) is 2.19. The molecule has 1 aromatic rings. The van der Waals surface area contributed by atoms with E-state index in [-0.39, 0.29) is 11.8 Å². The summed E-state index contributed by atoms with van der Waals surface area (Å²) in [6.45, 7) is 3.47. The van der Waals surface area contributed by atoms with Crippen LogP contribution in [0.5, 0.6) is 5.75 Å². The van der Waals surface area contributed by atoms with E-state index in [2.05, 4.69) is 17.6 Å². The number of hydrogen-bond acceptors (Lipinski definition) is 5. The van der Waals surface area contributed by atoms with Gasteiger partial charge in [-0.1, -0.05) is 13.0 Å². The molecule has 112 valence electrons. The lowest BCUT2D eigenvalue weighted by Gasteiger charge is -2.29. The van der Waals surface area contributed by atoms with Crippen molar-refractivity contribution < 1.29 is 13.2 Å². The van der Waals surface area contributed by atoms with Crippen LogP contribution in [0.3, 0.4) is 0 Å². The van der Waals surface area contributed by atoms with Crippen molar-refractivity contribution in [1.29, 1.82) is 0 Å². The lowest BCUT2D eigenvalue weighted by Crippen LogP contribution is -2.34. The number of ether oxygens (including phenoxy) is 1. The van der Waals surface area contributed by atoms with Crippen molar-refractivity contribution in [2.75, 3.05) is 35.8 Å². The third-order valence-electron chi connectivity index (χ3n) is 3.21. The first-order chi connectivity index (χ1) is 9.49. The Balaban J connectivity index is 2.03. The standard InChI is InChI=1S/C14H22N2O3S/c1-3-8-19-13-6-4-5-12-14(13)15-10-11(16-12)7-9-20(2,17)18/h4-6,11,15-16H,3,7-10H2,1-2H3. The van der Waals surface area contributed by atoms with Crippen molar-refractivity contribution in [3.05, 3.63) is 18.2 Å². The minimum atomic E-state index is -2.91. The lowest BCUT2D eigenvalue weighted by atomic mass is 10.1. The Kier molecular flexibility index (Phi) is 4.75. The molecule has 0 amide bonds. The molecule has 2 N–H and O–H groups in total. The van der Waals surface area contributed by atoms with Gasteiger partial charge < -0.3 is 15.4 Å². The summed E-state index contributed by atoms with van der Waals surface area (Å²) in [5.41, 5.74) is 1.94. The predicted molar refractivity (Wildman–Crippen MR) is 82.5 cm³/mol. The van der Waals surface area contributed by atoms with Crippen LogP contribution >= 0.6 is 0 Å². The topological polar surface area (TPSA) is 67.4 Å². The molecule has 1 atom stereocenters. The smallest absolute Gasteiger partial charge is 0.147 e. The molecule has 2 rings (SSSR count). The monoisotopic (exact) mass is 298 g/mol. The maximum absolute atomic E-state index is 11.2. The van der Waals surface area contributed by atoms with Crippen molar-refractivity contribution in [3.8, 4) is 5.75 Å². The summed E-state index contributed by atoms with van der Waals surface area (Å²) < 4.78 is 28.2. The number of hydrogen-bond donors (Lipinski definition) is 2. The highest BCUT2D eigenvalue weighted by atomic mass is 32.2. The second kappa shape index (κ2) is 6.35. The third kappa shape index (κ3) is 4.03. The number of anilines is 2. The van der Waals surface area contributed by atoms with Crippen molar-refractivity contribution in [2.45, 2.75) is 25.8 Å². The third-order valence-corrected chi connectivity index (χ3v) is 4.19. The van der Waals surface area contributed by atoms with E-state index in [4.69, 9.17) is 4.74 Å². The van der Waals surface area contributed by atoms with E-state index in [0.29, 0.717) is 19.6 Å². The van der Waals surface area contributed by atoms with Crippen LogP contribution in [0.15, 0.2) is 18.2 Å². The van der Waals surface area contributed by atoms with Gasteiger partial charge >= 0.3 is 0 Å². The van der Waals surface area contributed by atoms with E-state index < -0.39 is 9.84 Å². The fourth-order valence-corrected chi connectivity index (χ4v) is 2.91. The second-order valence-corrected chi connectivity index (χ2v) is 7.43. The summed E-state index contributed by atoms with van der Waals surface area (Å²) in [5.74, 6) is 1.05. The van der Waals surface area contributed by atoms with Gasteiger partial charge in [0.2, 0.25) is 0 Å². The van der Waals surface area contributed by atoms with Gasteiger partial charge in [-0.15, -0.1) is 0 Å². The summed E-state index contributed by atoms with van der Waals surface area (Å²) in [7, 11) is -2.91. The molecule has 20 heavy (non-hydrogen) atoms. The number of benzene rings is 1. The Labute approximate surface area is 120 Å². The van der Waals surface area contributed by atoms with Crippen LogP contribution in [0.4, 0.5) is 11.4 Å². The van der Waals surface area contributed by atoms with E-state index in [0.717, 1.165) is 23.5 Å². The van der Waals surface area contributed by atoms with E-state index >= 15 is 0 Å². The normalized spacial score (nSPS) is 17.8. The van der Waals surface area contributed by atoms with Gasteiger partial charge in [-0.05, 0) is 25.0 Å². The number of nitrogens with one attached hydrogen (secondary N) is 2. The summed E-state index contributed by atoms with van der Waals surface area (Å²) in [6.07, 6.45) is 2.84. The number of para-hydroxylation sites is 1. The summed E-state index contributed by atoms with van der Waals surface area (Å²) >= 11 is 0. The van der Waals surface area contributed by atoms with Crippen LogP contribution < -0.4 is 15.4 Å². The van der Waals surface area contributed by atoms with E-state index in [1.807, 2.05) is 18.2 Å². The molecule has 0 radical (unpaired) electrons. The lowest BCUT2D eigenvalue weighted by molar-refractivity contribution is 0.318. The average molecular weight is 298 g/mol. The highest BCUT2D eigenvalue weighted by Crippen LogP contribution is 2.35. The summed E-state index contributed by atoms with van der Waals surface area (Å²) in [6, 6.07) is 5.99. The minimum Gasteiger partial charge on any atom is -0.491 e. The molecule has 1 unspecified atom stereocenters. The van der Waals surface area contributed by atoms with Gasteiger partial charge in [0, 0.05) is 18.8 Å². The number of fused-ring (bicyclic) bond motifs is 1. The van der Waals surface area contributed by atoms with Crippen LogP contribution in [-0.2, 0) is 9.84 Å². The molecule has 0 fully saturated rings. The van der Waals surface area contributed by atoms with Crippen molar-refractivity contribution in [3.63, 3.8) is 0 Å². The molecule has 0 spiro atoms. The maximum atomic E-state index is 11.2. The van der Waals surface area contributed by atoms with E-state index in [1.165, 1.54) is 6.26 Å². The van der Waals surface area contributed by atoms with Crippen LogP contribution in [0.2, 0.25) is 0 Å². The Bertz CT molecular complexity index is 558. The zero-order valence-corrected chi connectivity index (χ0v) is 12.8. The number of rotatable bonds is 6. The molecule has 5 nitrogen and oxygen atoms in total. The van der Waals surface area contributed by atoms with Gasteiger partial charge in [0.25, 0.3) is 0 Å². The molecule has 1 aliphatic heterocycles. The largest absolute Gasteiger partial charge is 0.491 e. The Hall–Kier alpha value is -1.43. The second-order valence-electron chi connectivity index (χ2n) is 5.17. The minimum absolute atomic E-state index is 0.124. The van der Waals surface area contributed by atoms with Crippen LogP contribution in [-0.4, -0.2) is 39.6 Å². The number of sulfone groups is 1. The molecule has 1 aromatic carbocycles. The SMILES string of the molecule is CCCOc1cccc2c1NCC(CCS(C)(=O)=O)N2. The van der Waals surface area contributed by atoms with Crippen molar-refractivity contribution >= 4 is 21.2 Å². The first-order valence-corrected chi connectivity index (χ1v) is 8.99. The van der Waals surface area contributed by atoms with Crippen LogP contribution in [0.25, 0.3) is 0 Å². The predicted octanol–water partition coefficient (Wildman–Crippen LogP) is 2.12. The first-order valence-electron chi connectivity index (χ1n) is 6.93. The van der Waals surface area contributed by atoms with E-state index in [1.54, 1.807) is 0 Å². The molecule has 0 saturated heterocycles. The highest BCUT2D eigenvalue weighted by Gasteiger charge is 2.21. The van der Waals surface area contributed by atoms with Crippen LogP contribution in [0, 0.1) is 0 Å². The van der Waals surface area contributed by atoms with Gasteiger partial charge in [-0.2, -0.15) is 0 Å². The zero-order valence-electron chi connectivity index (χ0n) is 12.0. The van der Waals surface area contributed by atoms with E-state index in [9.17, 15) is 8.42 Å². The molecular weight excluding hydrogens is 276 g/mol. The highest BCUT2D eigenvalue weighted by molar-refractivity contribution is 7.90. The van der Waals surface area contributed by atoms with Crippen molar-refractivity contribution in [1.82, 2.24) is 0 Å². The molecule has 0 aliphatic carbocycles. The Morgan fingerprint density at radius 3 is 2.90 bits per heavy atom. The molecule has 0 saturated carbocycles. The van der Waals surface area contributed by atoms with Crippen molar-refractivity contribution in [2.24, 2.45) is 0 Å². The summed E-state index contributed by atoms with van der Waals surface area (Å²) in [5, 5.41) is 6.72. The van der Waals surface area contributed by atoms with Crippen LogP contribution in [0.1, 0.15) is 19.8 Å². The van der Waals surface area contributed by atoms with Gasteiger partial charge in [0.1, 0.15) is 21.3 Å². The molecule has 1 heterocycles. The molecule has 1 aliphatic rings. The molecular formula is C14H22N2O3S. The first kappa shape index (κ1) is 15.0. The Morgan fingerprint density at radius 1 is 1.40 bits per heavy atom. The van der Waals surface area contributed by atoms with Gasteiger partial charge in [0.05, 0.1) is 18.0 Å². The maximum Gasteiger partial charge on any atom is 0.147 e. The van der Waals surface area contributed by atoms with Gasteiger partial charge in [-0.25, -0.2) is 8.42 Å². The molecule has 6 heteroatoms. The molecule has 0 aromatic heterocycles. The fraction of sp³-hybridized carbons (Fsp3) is 0.571. The summed E-state index contributed by atoms with van der Waals surface area (Å²) in [4.78, 5) is 0. The van der Waals surface area contributed by atoms with Gasteiger partial charge in [0.15, 0.2) is 0 Å². The average Bonchev–Trinajstić information content (AvgIpc) is 2.41.